The minimum absolute atomic E-state index is 0.0512. The molecular weight excluding hydrogens is 410 g/mol. The van der Waals surface area contributed by atoms with Gasteiger partial charge in [-0.3, -0.25) is 9.69 Å². The highest BCUT2D eigenvalue weighted by Crippen LogP contribution is 2.21. The monoisotopic (exact) mass is 433 g/mol. The maximum atomic E-state index is 12.2. The number of aromatic carboxylic acids is 1. The Morgan fingerprint density at radius 3 is 2.74 bits per heavy atom. The summed E-state index contributed by atoms with van der Waals surface area (Å²) in [6.45, 7) is 1.93. The van der Waals surface area contributed by atoms with Gasteiger partial charge in [0.15, 0.2) is 0 Å². The van der Waals surface area contributed by atoms with Crippen molar-refractivity contribution in [3.8, 4) is 23.8 Å². The van der Waals surface area contributed by atoms with Gasteiger partial charge in [0.2, 0.25) is 5.91 Å². The van der Waals surface area contributed by atoms with Gasteiger partial charge in [0, 0.05) is 24.4 Å². The fourth-order valence-electron chi connectivity index (χ4n) is 3.06. The first-order valence-corrected chi connectivity index (χ1v) is 10.8. The largest absolute Gasteiger partial charge is 0.477 e. The summed E-state index contributed by atoms with van der Waals surface area (Å²) in [6.07, 6.45) is 4.43. The Hall–Kier alpha value is -3.32. The molecular formula is C25H23NO4S. The molecule has 0 spiro atoms. The Kier molecular flexibility index (Phi) is 7.67. The third-order valence-corrected chi connectivity index (χ3v) is 5.90. The average Bonchev–Trinajstić information content (AvgIpc) is 3.38. The summed E-state index contributed by atoms with van der Waals surface area (Å²) in [5.74, 6) is 7.94. The number of rotatable bonds is 5. The van der Waals surface area contributed by atoms with Crippen LogP contribution in [0.4, 0.5) is 0 Å². The van der Waals surface area contributed by atoms with E-state index in [1.165, 1.54) is 11.0 Å². The lowest BCUT2D eigenvalue weighted by molar-refractivity contribution is -0.125. The van der Waals surface area contributed by atoms with Gasteiger partial charge >= 0.3 is 5.97 Å². The number of hydrogen-bond acceptors (Lipinski definition) is 4. The molecule has 158 valence electrons. The van der Waals surface area contributed by atoms with Crippen molar-refractivity contribution in [1.29, 1.82) is 0 Å². The van der Waals surface area contributed by atoms with Gasteiger partial charge in [-0.25, -0.2) is 4.79 Å². The van der Waals surface area contributed by atoms with Crippen LogP contribution in [0.2, 0.25) is 0 Å². The molecule has 3 rings (SSSR count). The zero-order chi connectivity index (χ0) is 22.2. The van der Waals surface area contributed by atoms with Gasteiger partial charge < -0.3 is 10.2 Å². The molecule has 6 heteroatoms. The van der Waals surface area contributed by atoms with Crippen LogP contribution in [0.15, 0.2) is 54.6 Å². The fraction of sp³-hybridized carbons (Fsp3) is 0.280. The number of thiophene rings is 1. The number of carbonyl (C=O) groups is 2. The molecule has 0 saturated carbocycles. The van der Waals surface area contributed by atoms with E-state index in [1.807, 2.05) is 43.3 Å². The molecule has 31 heavy (non-hydrogen) atoms. The van der Waals surface area contributed by atoms with Crippen LogP contribution < -0.4 is 0 Å². The van der Waals surface area contributed by atoms with E-state index in [-0.39, 0.29) is 22.7 Å². The molecule has 0 aliphatic carbocycles. The Morgan fingerprint density at radius 1 is 1.26 bits per heavy atom. The molecule has 2 heterocycles. The average molecular weight is 434 g/mol. The number of nitrogens with zero attached hydrogens (tertiary/aromatic N) is 1. The third-order valence-electron chi connectivity index (χ3n) is 4.91. The van der Waals surface area contributed by atoms with Gasteiger partial charge in [-0.2, -0.15) is 0 Å². The lowest BCUT2D eigenvalue weighted by Gasteiger charge is -2.17. The van der Waals surface area contributed by atoms with Crippen LogP contribution in [0.25, 0.3) is 0 Å². The van der Waals surface area contributed by atoms with E-state index < -0.39 is 12.1 Å². The van der Waals surface area contributed by atoms with E-state index >= 15 is 0 Å². The number of hydrogen-bond donors (Lipinski definition) is 2. The molecule has 0 bridgehead atoms. The van der Waals surface area contributed by atoms with Crippen molar-refractivity contribution in [1.82, 2.24) is 4.90 Å². The maximum absolute atomic E-state index is 12.2. The molecule has 1 aliphatic heterocycles. The van der Waals surface area contributed by atoms with E-state index in [2.05, 4.69) is 23.8 Å². The van der Waals surface area contributed by atoms with E-state index in [0.29, 0.717) is 24.1 Å². The quantitative estimate of drug-likeness (QED) is 0.556. The summed E-state index contributed by atoms with van der Waals surface area (Å²) in [5.41, 5.74) is 0.944. The Labute approximate surface area is 186 Å². The number of aliphatic hydroxyl groups is 1. The number of carbonyl (C=O) groups excluding carboxylic acids is 1. The zero-order valence-corrected chi connectivity index (χ0v) is 17.9. The van der Waals surface area contributed by atoms with Gasteiger partial charge in [0.25, 0.3) is 0 Å². The van der Waals surface area contributed by atoms with Crippen LogP contribution in [-0.2, 0) is 4.79 Å². The Morgan fingerprint density at radius 2 is 2.03 bits per heavy atom. The highest BCUT2D eigenvalue weighted by atomic mass is 32.1. The molecule has 1 aromatic carbocycles. The first-order chi connectivity index (χ1) is 14.9. The number of likely N-dealkylation sites (tertiary alicyclic amines) is 1. The van der Waals surface area contributed by atoms with Crippen LogP contribution in [0, 0.1) is 29.7 Å². The summed E-state index contributed by atoms with van der Waals surface area (Å²) in [6, 6.07) is 15.5. The molecule has 0 radical (unpaired) electrons. The number of carboxylic acids is 1. The first-order valence-electron chi connectivity index (χ1n) is 10.0. The fourth-order valence-corrected chi connectivity index (χ4v) is 3.75. The number of carboxylic acid groups (broad SMARTS) is 1. The number of benzene rings is 1. The standard InChI is InChI=1S/C25H23NO4S/c1-18(6-5-9-19-7-3-2-4-8-19)22(27)13-10-20-11-15-24(28)26(20)17-16-21-12-14-23(31-21)25(29)30/h2-4,7-8,10,12-14,18,20,22,27H,6,11,15H2,1H3,(H,29,30)/b13-10+/t18?,20-,22+/m0/s1. The normalized spacial score (nSPS) is 17.5. The van der Waals surface area contributed by atoms with E-state index in [9.17, 15) is 14.7 Å². The molecule has 1 amide bonds. The molecule has 2 N–H and O–H groups in total. The van der Waals surface area contributed by atoms with Crippen molar-refractivity contribution in [3.63, 3.8) is 0 Å². The predicted octanol–water partition coefficient (Wildman–Crippen LogP) is 3.74. The number of amides is 1. The maximum Gasteiger partial charge on any atom is 0.345 e. The summed E-state index contributed by atoms with van der Waals surface area (Å²) in [7, 11) is 0. The van der Waals surface area contributed by atoms with Crippen molar-refractivity contribution < 1.29 is 19.8 Å². The second-order valence-electron chi connectivity index (χ2n) is 7.30. The van der Waals surface area contributed by atoms with Crippen molar-refractivity contribution in [2.75, 3.05) is 0 Å². The van der Waals surface area contributed by atoms with Gasteiger partial charge in [0.1, 0.15) is 4.88 Å². The van der Waals surface area contributed by atoms with Gasteiger partial charge in [-0.1, -0.05) is 49.1 Å². The zero-order valence-electron chi connectivity index (χ0n) is 17.1. The summed E-state index contributed by atoms with van der Waals surface area (Å²) >= 11 is 1.07. The summed E-state index contributed by atoms with van der Waals surface area (Å²) in [4.78, 5) is 25.4. The highest BCUT2D eigenvalue weighted by Gasteiger charge is 2.28. The molecule has 1 aromatic heterocycles. The van der Waals surface area contributed by atoms with Gasteiger partial charge in [-0.05, 0) is 42.5 Å². The minimum atomic E-state index is -0.993. The number of aliphatic hydroxyl groups excluding tert-OH is 1. The van der Waals surface area contributed by atoms with E-state index in [4.69, 9.17) is 5.11 Å². The summed E-state index contributed by atoms with van der Waals surface area (Å²) < 4.78 is 0. The van der Waals surface area contributed by atoms with Crippen molar-refractivity contribution >= 4 is 23.2 Å². The smallest absolute Gasteiger partial charge is 0.345 e. The topological polar surface area (TPSA) is 77.8 Å². The predicted molar refractivity (Wildman–Crippen MR) is 120 cm³/mol. The Bertz CT molecular complexity index is 1080. The molecule has 1 unspecified atom stereocenters. The second kappa shape index (κ2) is 10.6. The second-order valence-corrected chi connectivity index (χ2v) is 8.38. The van der Waals surface area contributed by atoms with Crippen LogP contribution >= 0.6 is 11.3 Å². The molecule has 3 atom stereocenters. The minimum Gasteiger partial charge on any atom is -0.477 e. The molecule has 1 saturated heterocycles. The molecule has 5 nitrogen and oxygen atoms in total. The third kappa shape index (κ3) is 6.33. The van der Waals surface area contributed by atoms with Crippen molar-refractivity contribution in [3.05, 3.63) is 69.9 Å². The lowest BCUT2D eigenvalue weighted by Crippen LogP contribution is -2.27. The van der Waals surface area contributed by atoms with E-state index in [0.717, 1.165) is 16.9 Å². The first kappa shape index (κ1) is 22.4. The Balaban J connectivity index is 1.59. The van der Waals surface area contributed by atoms with Gasteiger partial charge in [0.05, 0.1) is 17.0 Å². The molecule has 1 fully saturated rings. The van der Waals surface area contributed by atoms with Crippen LogP contribution in [0.1, 0.15) is 46.3 Å². The summed E-state index contributed by atoms with van der Waals surface area (Å²) in [5, 5.41) is 19.4. The van der Waals surface area contributed by atoms with Crippen molar-refractivity contribution in [2.45, 2.75) is 38.3 Å². The van der Waals surface area contributed by atoms with Crippen LogP contribution in [0.5, 0.6) is 0 Å². The molecule has 2 aromatic rings. The van der Waals surface area contributed by atoms with E-state index in [1.54, 1.807) is 12.1 Å². The van der Waals surface area contributed by atoms with Crippen molar-refractivity contribution in [2.24, 2.45) is 5.92 Å². The SMILES string of the molecule is CC(CC#Cc1ccccc1)[C@H](O)/C=C/[C@H]1CCC(=O)N1C#Cc1ccc(C(=O)O)s1. The highest BCUT2D eigenvalue weighted by molar-refractivity contribution is 7.14. The van der Waals surface area contributed by atoms with Gasteiger partial charge in [-0.15, -0.1) is 11.3 Å². The van der Waals surface area contributed by atoms with Crippen LogP contribution in [0.3, 0.4) is 0 Å². The lowest BCUT2D eigenvalue weighted by atomic mass is 9.99. The van der Waals surface area contributed by atoms with Crippen LogP contribution in [-0.4, -0.2) is 39.1 Å². The molecule has 1 aliphatic rings.